The standard InChI is InChI=1S/C14H9Br/c1-8-9(2)11-6-7-13(15)12-5-3-4-10(8)14(11)12/h3-7H,1-2H2. The van der Waals surface area contributed by atoms with E-state index >= 15 is 0 Å². The predicted octanol–water partition coefficient (Wildman–Crippen LogP) is 4.64. The summed E-state index contributed by atoms with van der Waals surface area (Å²) in [4.78, 5) is 0. The maximum atomic E-state index is 4.09. The Hall–Kier alpha value is -1.34. The molecule has 0 bridgehead atoms. The molecule has 2 aromatic rings. The van der Waals surface area contributed by atoms with Crippen LogP contribution in [0.3, 0.4) is 0 Å². The van der Waals surface area contributed by atoms with E-state index in [4.69, 9.17) is 0 Å². The summed E-state index contributed by atoms with van der Waals surface area (Å²) in [7, 11) is 0. The smallest absolute Gasteiger partial charge is 0.0254 e. The van der Waals surface area contributed by atoms with Crippen LogP contribution in [-0.2, 0) is 0 Å². The van der Waals surface area contributed by atoms with Gasteiger partial charge in [0.1, 0.15) is 0 Å². The van der Waals surface area contributed by atoms with Gasteiger partial charge in [0.05, 0.1) is 0 Å². The Labute approximate surface area is 97.1 Å². The number of hydrogen-bond donors (Lipinski definition) is 0. The van der Waals surface area contributed by atoms with Gasteiger partial charge in [0, 0.05) is 4.47 Å². The fourth-order valence-electron chi connectivity index (χ4n) is 2.20. The van der Waals surface area contributed by atoms with E-state index in [1.165, 1.54) is 21.9 Å². The molecular formula is C14H9Br. The van der Waals surface area contributed by atoms with Crippen LogP contribution in [0.2, 0.25) is 0 Å². The second kappa shape index (κ2) is 2.83. The van der Waals surface area contributed by atoms with Crippen molar-refractivity contribution in [3.63, 3.8) is 0 Å². The monoisotopic (exact) mass is 256 g/mol. The second-order valence-corrected chi connectivity index (χ2v) is 4.63. The summed E-state index contributed by atoms with van der Waals surface area (Å²) in [5, 5.41) is 2.52. The molecule has 0 amide bonds. The topological polar surface area (TPSA) is 0 Å². The Balaban J connectivity index is 2.62. The maximum absolute atomic E-state index is 4.09. The first-order chi connectivity index (χ1) is 7.20. The van der Waals surface area contributed by atoms with Gasteiger partial charge >= 0.3 is 0 Å². The van der Waals surface area contributed by atoms with E-state index in [9.17, 15) is 0 Å². The molecule has 1 aliphatic carbocycles. The third kappa shape index (κ3) is 1.01. The molecule has 1 aliphatic rings. The van der Waals surface area contributed by atoms with Gasteiger partial charge in [0.25, 0.3) is 0 Å². The zero-order valence-electron chi connectivity index (χ0n) is 8.18. The van der Waals surface area contributed by atoms with E-state index in [-0.39, 0.29) is 0 Å². The molecule has 2 aromatic carbocycles. The fraction of sp³-hybridized carbons (Fsp3) is 0. The number of hydrogen-bond acceptors (Lipinski definition) is 0. The van der Waals surface area contributed by atoms with Crippen molar-refractivity contribution >= 4 is 37.8 Å². The van der Waals surface area contributed by atoms with Crippen LogP contribution in [0, 0.1) is 0 Å². The van der Waals surface area contributed by atoms with Crippen LogP contribution in [0.1, 0.15) is 11.1 Å². The Bertz CT molecular complexity index is 600. The third-order valence-electron chi connectivity index (χ3n) is 3.00. The van der Waals surface area contributed by atoms with Crippen molar-refractivity contribution < 1.29 is 0 Å². The van der Waals surface area contributed by atoms with E-state index in [1.54, 1.807) is 0 Å². The van der Waals surface area contributed by atoms with Gasteiger partial charge in [-0.05, 0) is 39.1 Å². The van der Waals surface area contributed by atoms with Crippen molar-refractivity contribution in [2.45, 2.75) is 0 Å². The summed E-state index contributed by atoms with van der Waals surface area (Å²) >= 11 is 3.57. The van der Waals surface area contributed by atoms with Crippen LogP contribution >= 0.6 is 15.9 Å². The van der Waals surface area contributed by atoms with Gasteiger partial charge in [-0.2, -0.15) is 0 Å². The Morgan fingerprint density at radius 3 is 2.27 bits per heavy atom. The quantitative estimate of drug-likeness (QED) is 0.644. The molecule has 1 heteroatoms. The van der Waals surface area contributed by atoms with Crippen LogP contribution in [0.25, 0.3) is 21.9 Å². The summed E-state index contributed by atoms with van der Waals surface area (Å²) in [6.45, 7) is 8.18. The van der Waals surface area contributed by atoms with E-state index in [0.717, 1.165) is 15.6 Å². The third-order valence-corrected chi connectivity index (χ3v) is 3.69. The lowest BCUT2D eigenvalue weighted by molar-refractivity contribution is 1.68. The Kier molecular flexibility index (Phi) is 1.68. The molecule has 0 saturated carbocycles. The highest BCUT2D eigenvalue weighted by Gasteiger charge is 2.21. The molecule has 0 unspecified atom stereocenters. The SMILES string of the molecule is C=C1C(=C)c2ccc(Br)c3cccc1c23. The molecule has 0 saturated heterocycles. The van der Waals surface area contributed by atoms with Crippen LogP contribution in [-0.4, -0.2) is 0 Å². The molecule has 0 nitrogen and oxygen atoms in total. The summed E-state index contributed by atoms with van der Waals surface area (Å²) in [5.41, 5.74) is 4.53. The Morgan fingerprint density at radius 1 is 0.867 bits per heavy atom. The average molecular weight is 257 g/mol. The molecule has 0 fully saturated rings. The molecule has 0 radical (unpaired) electrons. The molecule has 0 aliphatic heterocycles. The molecule has 0 aromatic heterocycles. The lowest BCUT2D eigenvalue weighted by Crippen LogP contribution is -1.78. The highest BCUT2D eigenvalue weighted by molar-refractivity contribution is 9.10. The molecule has 0 N–H and O–H groups in total. The van der Waals surface area contributed by atoms with Crippen molar-refractivity contribution in [2.75, 3.05) is 0 Å². The van der Waals surface area contributed by atoms with E-state index in [0.29, 0.717) is 0 Å². The van der Waals surface area contributed by atoms with E-state index < -0.39 is 0 Å². The minimum atomic E-state index is 1.05. The summed E-state index contributed by atoms with van der Waals surface area (Å²) < 4.78 is 1.13. The maximum Gasteiger partial charge on any atom is 0.0254 e. The number of rotatable bonds is 0. The zero-order valence-corrected chi connectivity index (χ0v) is 9.76. The van der Waals surface area contributed by atoms with Gasteiger partial charge < -0.3 is 0 Å². The summed E-state index contributed by atoms with van der Waals surface area (Å²) in [6, 6.07) is 10.5. The second-order valence-electron chi connectivity index (χ2n) is 3.78. The van der Waals surface area contributed by atoms with Crippen LogP contribution < -0.4 is 0 Å². The van der Waals surface area contributed by atoms with Gasteiger partial charge in [0.2, 0.25) is 0 Å². The first kappa shape index (κ1) is 8.93. The van der Waals surface area contributed by atoms with Crippen LogP contribution in [0.15, 0.2) is 48.0 Å². The van der Waals surface area contributed by atoms with Gasteiger partial charge in [-0.1, -0.05) is 53.4 Å². The minimum absolute atomic E-state index is 1.05. The highest BCUT2D eigenvalue weighted by atomic mass is 79.9. The molecule has 15 heavy (non-hydrogen) atoms. The van der Waals surface area contributed by atoms with Crippen molar-refractivity contribution in [1.29, 1.82) is 0 Å². The number of halogens is 1. The van der Waals surface area contributed by atoms with E-state index in [1.807, 2.05) is 0 Å². The lowest BCUT2D eigenvalue weighted by atomic mass is 10.0. The molecule has 0 heterocycles. The van der Waals surface area contributed by atoms with Crippen LogP contribution in [0.4, 0.5) is 0 Å². The van der Waals surface area contributed by atoms with Gasteiger partial charge in [-0.3, -0.25) is 0 Å². The molecular weight excluding hydrogens is 248 g/mol. The molecule has 72 valence electrons. The summed E-state index contributed by atoms with van der Waals surface area (Å²) in [5.74, 6) is 0. The highest BCUT2D eigenvalue weighted by Crippen LogP contribution is 2.45. The minimum Gasteiger partial charge on any atom is -0.0905 e. The van der Waals surface area contributed by atoms with Crippen LogP contribution in [0.5, 0.6) is 0 Å². The van der Waals surface area contributed by atoms with Crippen molar-refractivity contribution in [3.05, 3.63) is 59.1 Å². The van der Waals surface area contributed by atoms with Crippen molar-refractivity contribution in [1.82, 2.24) is 0 Å². The zero-order chi connectivity index (χ0) is 10.6. The van der Waals surface area contributed by atoms with Gasteiger partial charge in [-0.25, -0.2) is 0 Å². The average Bonchev–Trinajstić information content (AvgIpc) is 2.50. The lowest BCUT2D eigenvalue weighted by Gasteiger charge is -2.02. The normalized spacial score (nSPS) is 13.9. The van der Waals surface area contributed by atoms with Crippen molar-refractivity contribution in [3.8, 4) is 0 Å². The van der Waals surface area contributed by atoms with Gasteiger partial charge in [-0.15, -0.1) is 0 Å². The number of benzene rings is 2. The fourth-order valence-corrected chi connectivity index (χ4v) is 2.66. The molecule has 0 atom stereocenters. The molecule has 0 spiro atoms. The summed E-state index contributed by atoms with van der Waals surface area (Å²) in [6.07, 6.45) is 0. The number of allylic oxidation sites excluding steroid dienone is 2. The Morgan fingerprint density at radius 2 is 1.53 bits per heavy atom. The molecule has 3 rings (SSSR count). The van der Waals surface area contributed by atoms with Gasteiger partial charge in [0.15, 0.2) is 0 Å². The van der Waals surface area contributed by atoms with Crippen molar-refractivity contribution in [2.24, 2.45) is 0 Å². The predicted molar refractivity (Wildman–Crippen MR) is 69.7 cm³/mol. The first-order valence-corrected chi connectivity index (χ1v) is 5.59. The largest absolute Gasteiger partial charge is 0.0905 e. The first-order valence-electron chi connectivity index (χ1n) is 4.80. The van der Waals surface area contributed by atoms with E-state index in [2.05, 4.69) is 59.4 Å².